The number of nitrogens with two attached hydrogens (primary N) is 1. The van der Waals surface area contributed by atoms with Gasteiger partial charge in [-0.1, -0.05) is 34.1 Å². The largest absolute Gasteiger partial charge is 0.462 e. The lowest BCUT2D eigenvalue weighted by atomic mass is 9.87. The molecule has 0 aliphatic heterocycles. The van der Waals surface area contributed by atoms with E-state index < -0.39 is 6.04 Å². The van der Waals surface area contributed by atoms with Crippen molar-refractivity contribution in [1.82, 2.24) is 0 Å². The highest BCUT2D eigenvalue weighted by molar-refractivity contribution is 5.76. The molecule has 0 aromatic carbocycles. The monoisotopic (exact) mass is 201 g/mol. The first-order valence-electron chi connectivity index (χ1n) is 5.25. The molecule has 0 spiro atoms. The Bertz CT molecular complexity index is 184. The van der Waals surface area contributed by atoms with Gasteiger partial charge >= 0.3 is 5.97 Å². The summed E-state index contributed by atoms with van der Waals surface area (Å²) in [5, 5.41) is 0. The van der Waals surface area contributed by atoms with Crippen LogP contribution in [0.5, 0.6) is 0 Å². The molecule has 0 saturated heterocycles. The van der Waals surface area contributed by atoms with Crippen LogP contribution in [0, 0.1) is 5.41 Å². The predicted molar refractivity (Wildman–Crippen MR) is 57.9 cm³/mol. The number of esters is 1. The molecule has 3 nitrogen and oxygen atoms in total. The Hall–Kier alpha value is -0.570. The molecule has 0 saturated carbocycles. The molecular weight excluding hydrogens is 178 g/mol. The van der Waals surface area contributed by atoms with Crippen molar-refractivity contribution in [3.8, 4) is 0 Å². The number of hydrogen-bond donors (Lipinski definition) is 1. The maximum Gasteiger partial charge on any atom is 0.323 e. The topological polar surface area (TPSA) is 52.3 Å². The zero-order chi connectivity index (χ0) is 11.4. The first kappa shape index (κ1) is 13.4. The minimum atomic E-state index is -0.540. The standard InChI is InChI=1S/C11H23NO2/c1-6-7-8(2)14-10(13)9(12)11(3,4)5/h8-9H,6-7,12H2,1-5H3. The van der Waals surface area contributed by atoms with Gasteiger partial charge < -0.3 is 10.5 Å². The molecule has 84 valence electrons. The molecule has 2 N–H and O–H groups in total. The van der Waals surface area contributed by atoms with Gasteiger partial charge in [-0.2, -0.15) is 0 Å². The summed E-state index contributed by atoms with van der Waals surface area (Å²) in [5.74, 6) is -0.293. The number of carbonyl (C=O) groups excluding carboxylic acids is 1. The Kier molecular flexibility index (Phi) is 5.13. The predicted octanol–water partition coefficient (Wildman–Crippen LogP) is 2.09. The average Bonchev–Trinajstić information content (AvgIpc) is 2.01. The highest BCUT2D eigenvalue weighted by Gasteiger charge is 2.29. The van der Waals surface area contributed by atoms with Crippen LogP contribution in [0.4, 0.5) is 0 Å². The zero-order valence-corrected chi connectivity index (χ0v) is 9.96. The SMILES string of the molecule is CCCC(C)OC(=O)C(N)C(C)(C)C. The van der Waals surface area contributed by atoms with Gasteiger partial charge in [-0.25, -0.2) is 0 Å². The van der Waals surface area contributed by atoms with E-state index in [4.69, 9.17) is 10.5 Å². The number of hydrogen-bond acceptors (Lipinski definition) is 3. The molecule has 0 aromatic heterocycles. The average molecular weight is 201 g/mol. The van der Waals surface area contributed by atoms with Crippen molar-refractivity contribution in [1.29, 1.82) is 0 Å². The smallest absolute Gasteiger partial charge is 0.323 e. The lowest BCUT2D eigenvalue weighted by Crippen LogP contribution is -2.44. The van der Waals surface area contributed by atoms with E-state index in [2.05, 4.69) is 6.92 Å². The van der Waals surface area contributed by atoms with Crippen LogP contribution >= 0.6 is 0 Å². The third-order valence-electron chi connectivity index (χ3n) is 2.20. The van der Waals surface area contributed by atoms with E-state index in [1.54, 1.807) is 0 Å². The summed E-state index contributed by atoms with van der Waals surface area (Å²) in [5.41, 5.74) is 5.53. The van der Waals surface area contributed by atoms with E-state index in [0.717, 1.165) is 12.8 Å². The molecule has 3 heteroatoms. The van der Waals surface area contributed by atoms with Crippen LogP contribution in [0.25, 0.3) is 0 Å². The van der Waals surface area contributed by atoms with E-state index in [0.29, 0.717) is 0 Å². The van der Waals surface area contributed by atoms with Crippen LogP contribution in [0.3, 0.4) is 0 Å². The molecule has 0 heterocycles. The Morgan fingerprint density at radius 1 is 1.43 bits per heavy atom. The molecular formula is C11H23NO2. The van der Waals surface area contributed by atoms with Gasteiger partial charge in [-0.3, -0.25) is 4.79 Å². The molecule has 0 aliphatic carbocycles. The number of ether oxygens (including phenoxy) is 1. The summed E-state index contributed by atoms with van der Waals surface area (Å²) < 4.78 is 5.22. The summed E-state index contributed by atoms with van der Waals surface area (Å²) in [6, 6.07) is -0.540. The van der Waals surface area contributed by atoms with E-state index in [-0.39, 0.29) is 17.5 Å². The fraction of sp³-hybridized carbons (Fsp3) is 0.909. The van der Waals surface area contributed by atoms with Crippen molar-refractivity contribution >= 4 is 5.97 Å². The second-order valence-corrected chi connectivity index (χ2v) is 4.88. The maximum atomic E-state index is 11.5. The van der Waals surface area contributed by atoms with Gasteiger partial charge in [0.2, 0.25) is 0 Å². The fourth-order valence-corrected chi connectivity index (χ4v) is 1.09. The van der Waals surface area contributed by atoms with Gasteiger partial charge in [0, 0.05) is 0 Å². The highest BCUT2D eigenvalue weighted by atomic mass is 16.5. The van der Waals surface area contributed by atoms with Gasteiger partial charge in [0.05, 0.1) is 6.10 Å². The third-order valence-corrected chi connectivity index (χ3v) is 2.20. The Morgan fingerprint density at radius 2 is 1.93 bits per heavy atom. The normalized spacial score (nSPS) is 16.1. The first-order chi connectivity index (χ1) is 6.29. The molecule has 0 amide bonds. The molecule has 2 atom stereocenters. The van der Waals surface area contributed by atoms with Crippen LogP contribution in [-0.2, 0) is 9.53 Å². The fourth-order valence-electron chi connectivity index (χ4n) is 1.09. The first-order valence-corrected chi connectivity index (χ1v) is 5.25. The molecule has 0 aliphatic rings. The summed E-state index contributed by atoms with van der Waals surface area (Å²) in [6.45, 7) is 9.76. The molecule has 2 unspecified atom stereocenters. The lowest BCUT2D eigenvalue weighted by Gasteiger charge is -2.26. The quantitative estimate of drug-likeness (QED) is 0.709. The van der Waals surface area contributed by atoms with Gasteiger partial charge in [0.25, 0.3) is 0 Å². The Morgan fingerprint density at radius 3 is 2.29 bits per heavy atom. The second-order valence-electron chi connectivity index (χ2n) is 4.88. The van der Waals surface area contributed by atoms with Gasteiger partial charge in [0.15, 0.2) is 0 Å². The number of rotatable bonds is 4. The lowest BCUT2D eigenvalue weighted by molar-refractivity contribution is -0.152. The van der Waals surface area contributed by atoms with Crippen molar-refractivity contribution in [2.75, 3.05) is 0 Å². The second kappa shape index (κ2) is 5.35. The van der Waals surface area contributed by atoms with E-state index in [9.17, 15) is 4.79 Å². The van der Waals surface area contributed by atoms with Crippen LogP contribution in [0.2, 0.25) is 0 Å². The van der Waals surface area contributed by atoms with Gasteiger partial charge in [0.1, 0.15) is 6.04 Å². The molecule has 0 aromatic rings. The highest BCUT2D eigenvalue weighted by Crippen LogP contribution is 2.19. The molecule has 0 rings (SSSR count). The van der Waals surface area contributed by atoms with Gasteiger partial charge in [-0.05, 0) is 18.8 Å². The van der Waals surface area contributed by atoms with Crippen molar-refractivity contribution in [2.45, 2.75) is 59.6 Å². The maximum absolute atomic E-state index is 11.5. The minimum absolute atomic E-state index is 0.0269. The molecule has 0 radical (unpaired) electrons. The van der Waals surface area contributed by atoms with Crippen molar-refractivity contribution in [3.63, 3.8) is 0 Å². The van der Waals surface area contributed by atoms with Crippen LogP contribution in [0.15, 0.2) is 0 Å². The summed E-state index contributed by atoms with van der Waals surface area (Å²) >= 11 is 0. The van der Waals surface area contributed by atoms with Crippen LogP contribution in [0.1, 0.15) is 47.5 Å². The molecule has 14 heavy (non-hydrogen) atoms. The molecule has 0 fully saturated rings. The molecule has 0 bridgehead atoms. The van der Waals surface area contributed by atoms with Crippen molar-refractivity contribution in [2.24, 2.45) is 11.1 Å². The van der Waals surface area contributed by atoms with E-state index >= 15 is 0 Å². The van der Waals surface area contributed by atoms with Crippen molar-refractivity contribution < 1.29 is 9.53 Å². The van der Waals surface area contributed by atoms with Crippen LogP contribution in [-0.4, -0.2) is 18.1 Å². The summed E-state index contributed by atoms with van der Waals surface area (Å²) in [7, 11) is 0. The Balaban J connectivity index is 4.08. The Labute approximate surface area is 87.0 Å². The number of carbonyl (C=O) groups is 1. The van der Waals surface area contributed by atoms with Crippen molar-refractivity contribution in [3.05, 3.63) is 0 Å². The van der Waals surface area contributed by atoms with E-state index in [1.165, 1.54) is 0 Å². The third kappa shape index (κ3) is 4.61. The zero-order valence-electron chi connectivity index (χ0n) is 9.96. The minimum Gasteiger partial charge on any atom is -0.462 e. The van der Waals surface area contributed by atoms with E-state index in [1.807, 2.05) is 27.7 Å². The summed E-state index contributed by atoms with van der Waals surface area (Å²) in [6.07, 6.45) is 1.88. The summed E-state index contributed by atoms with van der Waals surface area (Å²) in [4.78, 5) is 11.5. The van der Waals surface area contributed by atoms with Crippen LogP contribution < -0.4 is 5.73 Å². The van der Waals surface area contributed by atoms with Gasteiger partial charge in [-0.15, -0.1) is 0 Å².